The fraction of sp³-hybridized carbons (Fsp3) is 0.643. The van der Waals surface area contributed by atoms with Gasteiger partial charge in [0, 0.05) is 14.7 Å². The third-order valence-electron chi connectivity index (χ3n) is 3.21. The molecule has 0 atom stereocenters. The van der Waals surface area contributed by atoms with E-state index >= 15 is 0 Å². The molecule has 0 aromatic carbocycles. The van der Waals surface area contributed by atoms with E-state index in [0.29, 0.717) is 6.61 Å². The predicted octanol–water partition coefficient (Wildman–Crippen LogP) is 4.29. The smallest absolute Gasteiger partial charge is 0.238 e. The van der Waals surface area contributed by atoms with Crippen LogP contribution in [0.25, 0.3) is 0 Å². The maximum atomic E-state index is 13.6. The van der Waals surface area contributed by atoms with Crippen molar-refractivity contribution >= 4 is 58.1 Å². The second-order valence-electron chi connectivity index (χ2n) is 6.61. The van der Waals surface area contributed by atoms with Crippen LogP contribution < -0.4 is 4.31 Å². The topological polar surface area (TPSA) is 59.5 Å². The summed E-state index contributed by atoms with van der Waals surface area (Å²) in [6, 6.07) is 0.855. The van der Waals surface area contributed by atoms with Gasteiger partial charge in [-0.3, -0.25) is 4.39 Å². The van der Waals surface area contributed by atoms with Crippen LogP contribution in [0.3, 0.4) is 0 Å². The largest absolute Gasteiger partial charge is 0.360 e. The van der Waals surface area contributed by atoms with Gasteiger partial charge in [0.05, 0.1) is 22.2 Å². The van der Waals surface area contributed by atoms with Crippen LogP contribution in [-0.4, -0.2) is 47.2 Å². The number of rotatable bonds is 10. The second-order valence-corrected chi connectivity index (χ2v) is 15.7. The van der Waals surface area contributed by atoms with E-state index in [1.807, 2.05) is 0 Å². The molecule has 11 heteroatoms. The Hall–Kier alpha value is -0.0431. The number of hydrogen-bond acceptors (Lipinski definition) is 4. The summed E-state index contributed by atoms with van der Waals surface area (Å²) < 4.78 is 57.5. The number of hydrogen-bond donors (Lipinski definition) is 0. The lowest BCUT2D eigenvalue weighted by molar-refractivity contribution is 0.156. The van der Waals surface area contributed by atoms with Crippen molar-refractivity contribution in [3.8, 4) is 0 Å². The fourth-order valence-electron chi connectivity index (χ4n) is 1.75. The second kappa shape index (κ2) is 9.77. The molecule has 0 N–H and O–H groups in total. The van der Waals surface area contributed by atoms with E-state index < -0.39 is 36.3 Å². The molecule has 0 aliphatic rings. The van der Waals surface area contributed by atoms with Gasteiger partial charge in [-0.15, -0.1) is 0 Å². The van der Waals surface area contributed by atoms with Crippen LogP contribution in [0.15, 0.2) is 6.20 Å². The number of nitrogens with zero attached hydrogens (tertiary/aromatic N) is 2. The van der Waals surface area contributed by atoms with Crippen molar-refractivity contribution in [1.82, 2.24) is 4.98 Å². The average molecular weight is 527 g/mol. The Morgan fingerprint density at radius 1 is 1.40 bits per heavy atom. The monoisotopic (exact) mass is 526 g/mol. The minimum Gasteiger partial charge on any atom is -0.360 e. The van der Waals surface area contributed by atoms with Crippen LogP contribution in [0.1, 0.15) is 6.42 Å². The normalized spacial score (nSPS) is 12.4. The number of aromatic nitrogens is 1. The zero-order valence-electron chi connectivity index (χ0n) is 14.4. The summed E-state index contributed by atoms with van der Waals surface area (Å²) in [7, 11) is -5.24. The molecule has 0 spiro atoms. The first-order valence-electron chi connectivity index (χ1n) is 7.63. The van der Waals surface area contributed by atoms with Crippen LogP contribution in [0.5, 0.6) is 0 Å². The van der Waals surface area contributed by atoms with Crippen molar-refractivity contribution in [2.24, 2.45) is 0 Å². The molecule has 25 heavy (non-hydrogen) atoms. The number of sulfonamides is 1. The lowest BCUT2D eigenvalue weighted by Crippen LogP contribution is -2.37. The van der Waals surface area contributed by atoms with Gasteiger partial charge in [0.1, 0.15) is 11.8 Å². The molecule has 1 rings (SSSR count). The minimum atomic E-state index is -3.90. The summed E-state index contributed by atoms with van der Waals surface area (Å²) in [4.78, 5) is 3.81. The third kappa shape index (κ3) is 7.23. The summed E-state index contributed by atoms with van der Waals surface area (Å²) in [6.07, 6.45) is 0.756. The molecule has 0 unspecified atom stereocenters. The zero-order chi connectivity index (χ0) is 19.3. The summed E-state index contributed by atoms with van der Waals surface area (Å²) in [5.74, 6) is -1.17. The maximum Gasteiger partial charge on any atom is 0.238 e. The highest BCUT2D eigenvalue weighted by molar-refractivity contribution is 14.1. The van der Waals surface area contributed by atoms with E-state index in [9.17, 15) is 17.2 Å². The summed E-state index contributed by atoms with van der Waals surface area (Å²) in [5.41, 5.74) is 0. The van der Waals surface area contributed by atoms with Crippen molar-refractivity contribution in [2.75, 3.05) is 30.1 Å². The van der Waals surface area contributed by atoms with Gasteiger partial charge in [-0.1, -0.05) is 31.2 Å². The van der Waals surface area contributed by atoms with Crippen molar-refractivity contribution in [3.05, 3.63) is 20.6 Å². The third-order valence-corrected chi connectivity index (χ3v) is 8.40. The SMILES string of the molecule is C[Si](C)(C)CCOCN(c1ncc(F)c(I)c1Cl)S(=O)(=O)CCCF. The summed E-state index contributed by atoms with van der Waals surface area (Å²) in [6.45, 7) is 5.85. The Kier molecular flexibility index (Phi) is 8.98. The molecule has 144 valence electrons. The lowest BCUT2D eigenvalue weighted by Gasteiger charge is -2.25. The Labute approximate surface area is 167 Å². The number of alkyl halides is 1. The van der Waals surface area contributed by atoms with Gasteiger partial charge in [0.25, 0.3) is 0 Å². The van der Waals surface area contributed by atoms with E-state index in [4.69, 9.17) is 16.3 Å². The van der Waals surface area contributed by atoms with Crippen LogP contribution >= 0.6 is 34.2 Å². The quantitative estimate of drug-likeness (QED) is 0.198. The first kappa shape index (κ1) is 23.0. The molecule has 0 radical (unpaired) electrons. The number of anilines is 1. The van der Waals surface area contributed by atoms with Crippen LogP contribution in [-0.2, 0) is 14.8 Å². The molecule has 0 aliphatic heterocycles. The van der Waals surface area contributed by atoms with Crippen LogP contribution in [0, 0.1) is 9.39 Å². The highest BCUT2D eigenvalue weighted by atomic mass is 127. The number of ether oxygens (including phenoxy) is 1. The van der Waals surface area contributed by atoms with Crippen molar-refractivity contribution in [2.45, 2.75) is 32.1 Å². The Morgan fingerprint density at radius 2 is 2.04 bits per heavy atom. The molecule has 1 aromatic heterocycles. The Morgan fingerprint density at radius 3 is 2.60 bits per heavy atom. The standard InChI is InChI=1S/C14H22ClF2IN2O3SSi/c1-25(2,3)8-6-23-10-20(24(21,22)7-4-5-16)14-12(15)13(18)11(17)9-19-14/h9H,4-8,10H2,1-3H3. The fourth-order valence-corrected chi connectivity index (χ4v) is 4.51. The molecule has 0 saturated carbocycles. The molecule has 0 bridgehead atoms. The number of halogens is 4. The zero-order valence-corrected chi connectivity index (χ0v) is 19.1. The molecular formula is C14H22ClF2IN2O3SSi. The summed E-state index contributed by atoms with van der Waals surface area (Å²) >= 11 is 7.76. The first-order valence-corrected chi connectivity index (χ1v) is 14.4. The highest BCUT2D eigenvalue weighted by Crippen LogP contribution is 2.31. The molecular weight excluding hydrogens is 505 g/mol. The van der Waals surface area contributed by atoms with E-state index in [1.54, 1.807) is 22.6 Å². The molecule has 0 aliphatic carbocycles. The van der Waals surface area contributed by atoms with Crippen LogP contribution in [0.2, 0.25) is 30.7 Å². The maximum absolute atomic E-state index is 13.6. The number of pyridine rings is 1. The molecule has 1 aromatic rings. The van der Waals surface area contributed by atoms with E-state index in [-0.39, 0.29) is 27.6 Å². The Bertz CT molecular complexity index is 689. The molecule has 0 saturated heterocycles. The lowest BCUT2D eigenvalue weighted by atomic mass is 10.4. The van der Waals surface area contributed by atoms with Gasteiger partial charge in [-0.05, 0) is 35.1 Å². The van der Waals surface area contributed by atoms with Gasteiger partial charge in [0.2, 0.25) is 10.0 Å². The van der Waals surface area contributed by atoms with Crippen molar-refractivity contribution < 1.29 is 21.9 Å². The predicted molar refractivity (Wildman–Crippen MR) is 108 cm³/mol. The Balaban J connectivity index is 3.06. The molecule has 0 amide bonds. The van der Waals surface area contributed by atoms with Gasteiger partial charge in [-0.25, -0.2) is 22.1 Å². The van der Waals surface area contributed by atoms with E-state index in [0.717, 1.165) is 16.5 Å². The molecule has 5 nitrogen and oxygen atoms in total. The van der Waals surface area contributed by atoms with Gasteiger partial charge in [-0.2, -0.15) is 0 Å². The van der Waals surface area contributed by atoms with Gasteiger partial charge in [0.15, 0.2) is 11.6 Å². The van der Waals surface area contributed by atoms with Crippen molar-refractivity contribution in [3.63, 3.8) is 0 Å². The molecule has 1 heterocycles. The van der Waals surface area contributed by atoms with E-state index in [2.05, 4.69) is 24.6 Å². The first-order chi connectivity index (χ1) is 11.5. The van der Waals surface area contributed by atoms with E-state index in [1.165, 1.54) is 0 Å². The highest BCUT2D eigenvalue weighted by Gasteiger charge is 2.27. The van der Waals surface area contributed by atoms with Gasteiger partial charge >= 0.3 is 0 Å². The van der Waals surface area contributed by atoms with Gasteiger partial charge < -0.3 is 4.74 Å². The summed E-state index contributed by atoms with van der Waals surface area (Å²) in [5, 5.41) is -0.113. The molecule has 0 fully saturated rings. The average Bonchev–Trinajstić information content (AvgIpc) is 2.51. The van der Waals surface area contributed by atoms with Crippen molar-refractivity contribution in [1.29, 1.82) is 0 Å². The van der Waals surface area contributed by atoms with Crippen LogP contribution in [0.4, 0.5) is 14.6 Å². The minimum absolute atomic E-state index is 0.0667.